The first-order chi connectivity index (χ1) is 7.65. The Hall–Kier alpha value is -0.870. The molecule has 0 fully saturated rings. The zero-order chi connectivity index (χ0) is 12.0. The van der Waals surface area contributed by atoms with Gasteiger partial charge in [-0.15, -0.1) is 0 Å². The van der Waals surface area contributed by atoms with Crippen molar-refractivity contribution < 1.29 is 9.32 Å². The van der Waals surface area contributed by atoms with Crippen LogP contribution in [0.5, 0.6) is 5.75 Å². The summed E-state index contributed by atoms with van der Waals surface area (Å²) in [6.07, 6.45) is 0. The second-order valence-electron chi connectivity index (χ2n) is 3.67. The molecule has 0 radical (unpaired) electrons. The van der Waals surface area contributed by atoms with Gasteiger partial charge >= 0.3 is 0 Å². The van der Waals surface area contributed by atoms with Crippen LogP contribution in [0, 0.1) is 0 Å². The lowest BCUT2D eigenvalue weighted by atomic mass is 10.1. The van der Waals surface area contributed by atoms with Crippen molar-refractivity contribution in [3.05, 3.63) is 29.8 Å². The van der Waals surface area contributed by atoms with Gasteiger partial charge in [-0.1, -0.05) is 25.1 Å². The van der Waals surface area contributed by atoms with E-state index in [0.29, 0.717) is 23.8 Å². The molecule has 2 atom stereocenters. The Morgan fingerprint density at radius 3 is 2.75 bits per heavy atom. The van der Waals surface area contributed by atoms with Crippen LogP contribution in [0.4, 0.5) is 0 Å². The van der Waals surface area contributed by atoms with Crippen molar-refractivity contribution in [2.75, 3.05) is 18.1 Å². The molecular formula is C12H19NO2S. The van der Waals surface area contributed by atoms with Crippen LogP contribution in [0.15, 0.2) is 24.3 Å². The van der Waals surface area contributed by atoms with Crippen LogP contribution in [0.25, 0.3) is 0 Å². The van der Waals surface area contributed by atoms with Gasteiger partial charge in [-0.2, -0.15) is 0 Å². The quantitative estimate of drug-likeness (QED) is 0.798. The number of para-hydroxylation sites is 1. The number of hydrogen-bond donors (Lipinski definition) is 2. The molecule has 1 rings (SSSR count). The Kier molecular flexibility index (Phi) is 5.49. The maximum Gasteiger partial charge on any atom is 0.120 e. The standard InChI is InChI=1S/C12H19NO2S/c1-3-16(15)9-8-13-10(2)11-6-4-5-7-12(11)14/h4-7,10,13-14H,3,8-9H2,1-2H3. The van der Waals surface area contributed by atoms with Crippen molar-refractivity contribution in [2.24, 2.45) is 0 Å². The van der Waals surface area contributed by atoms with Gasteiger partial charge in [-0.25, -0.2) is 0 Å². The Morgan fingerprint density at radius 1 is 1.44 bits per heavy atom. The summed E-state index contributed by atoms with van der Waals surface area (Å²) in [5, 5.41) is 12.9. The fourth-order valence-corrected chi connectivity index (χ4v) is 2.13. The largest absolute Gasteiger partial charge is 0.508 e. The number of rotatable bonds is 6. The maximum atomic E-state index is 11.2. The second-order valence-corrected chi connectivity index (χ2v) is 5.53. The van der Waals surface area contributed by atoms with Crippen molar-refractivity contribution >= 4 is 10.8 Å². The molecule has 90 valence electrons. The molecule has 0 heterocycles. The molecule has 0 spiro atoms. The van der Waals surface area contributed by atoms with Gasteiger partial charge in [0, 0.05) is 40.5 Å². The van der Waals surface area contributed by atoms with Crippen molar-refractivity contribution in [3.63, 3.8) is 0 Å². The molecule has 1 aromatic rings. The average molecular weight is 241 g/mol. The first kappa shape index (κ1) is 13.2. The van der Waals surface area contributed by atoms with Crippen LogP contribution in [-0.2, 0) is 10.8 Å². The number of hydrogen-bond acceptors (Lipinski definition) is 3. The molecule has 1 aromatic carbocycles. The number of aromatic hydroxyl groups is 1. The SMILES string of the molecule is CCS(=O)CCNC(C)c1ccccc1O. The average Bonchev–Trinajstić information content (AvgIpc) is 2.29. The highest BCUT2D eigenvalue weighted by atomic mass is 32.2. The molecule has 0 aromatic heterocycles. The zero-order valence-corrected chi connectivity index (χ0v) is 10.6. The highest BCUT2D eigenvalue weighted by Gasteiger charge is 2.08. The van der Waals surface area contributed by atoms with Gasteiger partial charge in [-0.3, -0.25) is 4.21 Å². The van der Waals surface area contributed by atoms with E-state index in [0.717, 1.165) is 5.56 Å². The molecule has 3 nitrogen and oxygen atoms in total. The molecule has 0 saturated heterocycles. The Balaban J connectivity index is 2.44. The molecule has 0 bridgehead atoms. The molecule has 0 saturated carbocycles. The fourth-order valence-electron chi connectivity index (χ4n) is 1.50. The minimum absolute atomic E-state index is 0.0788. The van der Waals surface area contributed by atoms with E-state index in [4.69, 9.17) is 0 Å². The summed E-state index contributed by atoms with van der Waals surface area (Å²) in [6, 6.07) is 7.35. The molecule has 0 aliphatic rings. The van der Waals surface area contributed by atoms with Crippen LogP contribution in [0.2, 0.25) is 0 Å². The minimum Gasteiger partial charge on any atom is -0.508 e. The fraction of sp³-hybridized carbons (Fsp3) is 0.500. The van der Waals surface area contributed by atoms with E-state index in [-0.39, 0.29) is 6.04 Å². The third kappa shape index (κ3) is 3.94. The summed E-state index contributed by atoms with van der Waals surface area (Å²) in [4.78, 5) is 0. The number of phenolic OH excluding ortho intramolecular Hbond substituents is 1. The molecule has 0 aliphatic carbocycles. The van der Waals surface area contributed by atoms with Crippen LogP contribution in [0.3, 0.4) is 0 Å². The lowest BCUT2D eigenvalue weighted by Gasteiger charge is -2.15. The monoisotopic (exact) mass is 241 g/mol. The normalized spacial score (nSPS) is 14.6. The first-order valence-corrected chi connectivity index (χ1v) is 7.00. The first-order valence-electron chi connectivity index (χ1n) is 5.51. The van der Waals surface area contributed by atoms with Crippen LogP contribution >= 0.6 is 0 Å². The van der Waals surface area contributed by atoms with Crippen molar-refractivity contribution in [2.45, 2.75) is 19.9 Å². The third-order valence-corrected chi connectivity index (χ3v) is 3.81. The van der Waals surface area contributed by atoms with Crippen LogP contribution in [0.1, 0.15) is 25.5 Å². The highest BCUT2D eigenvalue weighted by molar-refractivity contribution is 7.84. The van der Waals surface area contributed by atoms with E-state index >= 15 is 0 Å². The van der Waals surface area contributed by atoms with Crippen molar-refractivity contribution in [3.8, 4) is 5.75 Å². The van der Waals surface area contributed by atoms with Crippen molar-refractivity contribution in [1.29, 1.82) is 0 Å². The van der Waals surface area contributed by atoms with Gasteiger partial charge in [0.1, 0.15) is 5.75 Å². The molecule has 4 heteroatoms. The van der Waals surface area contributed by atoms with E-state index in [1.807, 2.05) is 26.0 Å². The second kappa shape index (κ2) is 6.66. The summed E-state index contributed by atoms with van der Waals surface area (Å²) in [5.41, 5.74) is 0.879. The van der Waals surface area contributed by atoms with Gasteiger partial charge in [-0.05, 0) is 13.0 Å². The molecular weight excluding hydrogens is 222 g/mol. The topological polar surface area (TPSA) is 49.3 Å². The predicted octanol–water partition coefficient (Wildman–Crippen LogP) is 1.81. The summed E-state index contributed by atoms with van der Waals surface area (Å²) < 4.78 is 11.2. The van der Waals surface area contributed by atoms with Crippen LogP contribution in [-0.4, -0.2) is 27.4 Å². The lowest BCUT2D eigenvalue weighted by Crippen LogP contribution is -2.24. The predicted molar refractivity (Wildman–Crippen MR) is 68.1 cm³/mol. The smallest absolute Gasteiger partial charge is 0.120 e. The van der Waals surface area contributed by atoms with Gasteiger partial charge in [0.05, 0.1) is 0 Å². The minimum atomic E-state index is -0.730. The summed E-state index contributed by atoms with van der Waals surface area (Å²) >= 11 is 0. The molecule has 0 amide bonds. The van der Waals surface area contributed by atoms with Gasteiger partial charge in [0.15, 0.2) is 0 Å². The number of benzene rings is 1. The molecule has 2 N–H and O–H groups in total. The number of nitrogens with one attached hydrogen (secondary N) is 1. The highest BCUT2D eigenvalue weighted by Crippen LogP contribution is 2.22. The molecule has 16 heavy (non-hydrogen) atoms. The summed E-state index contributed by atoms with van der Waals surface area (Å²) in [7, 11) is -0.730. The van der Waals surface area contributed by atoms with Crippen LogP contribution < -0.4 is 5.32 Å². The van der Waals surface area contributed by atoms with E-state index in [2.05, 4.69) is 5.32 Å². The number of phenols is 1. The van der Waals surface area contributed by atoms with Gasteiger partial charge in [0.25, 0.3) is 0 Å². The van der Waals surface area contributed by atoms with Crippen molar-refractivity contribution in [1.82, 2.24) is 5.32 Å². The Bertz CT molecular complexity index is 355. The molecule has 0 aliphatic heterocycles. The van der Waals surface area contributed by atoms with E-state index in [9.17, 15) is 9.32 Å². The van der Waals surface area contributed by atoms with E-state index in [1.165, 1.54) is 0 Å². The van der Waals surface area contributed by atoms with Gasteiger partial charge < -0.3 is 10.4 Å². The third-order valence-electron chi connectivity index (χ3n) is 2.51. The summed E-state index contributed by atoms with van der Waals surface area (Å²) in [6.45, 7) is 4.61. The molecule has 2 unspecified atom stereocenters. The zero-order valence-electron chi connectivity index (χ0n) is 9.77. The Morgan fingerprint density at radius 2 is 2.12 bits per heavy atom. The lowest BCUT2D eigenvalue weighted by molar-refractivity contribution is 0.455. The van der Waals surface area contributed by atoms with E-state index < -0.39 is 10.8 Å². The van der Waals surface area contributed by atoms with E-state index in [1.54, 1.807) is 12.1 Å². The Labute approximate surface area is 99.3 Å². The summed E-state index contributed by atoms with van der Waals surface area (Å²) in [5.74, 6) is 1.67. The van der Waals surface area contributed by atoms with Gasteiger partial charge in [0.2, 0.25) is 0 Å². The maximum absolute atomic E-state index is 11.2.